The molecule has 3 rings (SSSR count). The Bertz CT molecular complexity index is 996. The summed E-state index contributed by atoms with van der Waals surface area (Å²) >= 11 is 0. The molecule has 8 nitrogen and oxygen atoms in total. The van der Waals surface area contributed by atoms with E-state index in [1.165, 1.54) is 10.7 Å². The minimum Gasteiger partial charge on any atom is -0.461 e. The number of nitrogens with zero attached hydrogens (tertiary/aromatic N) is 3. The number of carbonyl (C=O) groups is 3. The monoisotopic (exact) mass is 440 g/mol. The molecule has 1 aliphatic heterocycles. The molecule has 0 spiro atoms. The first kappa shape index (κ1) is 23.5. The Morgan fingerprint density at radius 1 is 1.25 bits per heavy atom. The van der Waals surface area contributed by atoms with Crippen LogP contribution >= 0.6 is 0 Å². The topological polar surface area (TPSA) is 93.5 Å². The van der Waals surface area contributed by atoms with Crippen LogP contribution in [0, 0.1) is 12.8 Å². The minimum atomic E-state index is -1.16. The SMILES string of the molecule is CCOC(=O)c1cc2n(n1)C[C@@](C)(C(=O)NCCC(C)C)N(Cc1ccc(C)cc1)C2=O. The average Bonchev–Trinajstić information content (AvgIpc) is 3.16. The average molecular weight is 441 g/mol. The van der Waals surface area contributed by atoms with Crippen LogP contribution in [-0.2, 0) is 22.6 Å². The van der Waals surface area contributed by atoms with E-state index in [9.17, 15) is 14.4 Å². The summed E-state index contributed by atoms with van der Waals surface area (Å²) in [5.74, 6) is -0.723. The van der Waals surface area contributed by atoms with Crippen molar-refractivity contribution in [3.8, 4) is 0 Å². The number of benzene rings is 1. The number of amides is 2. The first-order valence-corrected chi connectivity index (χ1v) is 11.1. The van der Waals surface area contributed by atoms with Gasteiger partial charge in [0.25, 0.3) is 5.91 Å². The van der Waals surface area contributed by atoms with E-state index in [0.717, 1.165) is 17.5 Å². The third-order valence-electron chi connectivity index (χ3n) is 5.74. The van der Waals surface area contributed by atoms with Crippen LogP contribution < -0.4 is 5.32 Å². The van der Waals surface area contributed by atoms with Crippen LogP contribution in [0.1, 0.15) is 66.2 Å². The number of hydrogen-bond donors (Lipinski definition) is 1. The van der Waals surface area contributed by atoms with Gasteiger partial charge in [0.15, 0.2) is 5.69 Å². The van der Waals surface area contributed by atoms with Crippen LogP contribution in [0.4, 0.5) is 0 Å². The molecular weight excluding hydrogens is 408 g/mol. The van der Waals surface area contributed by atoms with Crippen LogP contribution in [0.3, 0.4) is 0 Å². The van der Waals surface area contributed by atoms with Crippen molar-refractivity contribution in [2.75, 3.05) is 13.2 Å². The van der Waals surface area contributed by atoms with Crippen LogP contribution in [0.5, 0.6) is 0 Å². The molecule has 0 saturated carbocycles. The molecule has 32 heavy (non-hydrogen) atoms. The van der Waals surface area contributed by atoms with Gasteiger partial charge in [0.05, 0.1) is 13.2 Å². The molecular formula is C24H32N4O4. The number of fused-ring (bicyclic) bond motifs is 1. The minimum absolute atomic E-state index is 0.0648. The molecule has 2 amide bonds. The Labute approximate surface area is 188 Å². The Morgan fingerprint density at radius 2 is 1.94 bits per heavy atom. The standard InChI is InChI=1S/C24H32N4O4/c1-6-32-22(30)19-13-20-21(29)27(14-18-9-7-17(4)8-10-18)24(5,15-28(20)26-19)23(31)25-12-11-16(2)3/h7-10,13,16H,6,11-12,14-15H2,1-5H3,(H,25,31)/t24-/m0/s1. The molecule has 1 aromatic carbocycles. The predicted molar refractivity (Wildman–Crippen MR) is 120 cm³/mol. The normalized spacial score (nSPS) is 17.9. The molecule has 1 atom stereocenters. The highest BCUT2D eigenvalue weighted by Gasteiger charge is 2.48. The summed E-state index contributed by atoms with van der Waals surface area (Å²) in [5, 5.41) is 7.26. The van der Waals surface area contributed by atoms with Gasteiger partial charge in [-0.3, -0.25) is 14.3 Å². The summed E-state index contributed by atoms with van der Waals surface area (Å²) < 4.78 is 6.48. The Morgan fingerprint density at radius 3 is 2.56 bits per heavy atom. The maximum atomic E-state index is 13.5. The lowest BCUT2D eigenvalue weighted by molar-refractivity contribution is -0.133. The number of hydrogen-bond acceptors (Lipinski definition) is 5. The zero-order chi connectivity index (χ0) is 23.5. The summed E-state index contributed by atoms with van der Waals surface area (Å²) in [6, 6.07) is 9.31. The van der Waals surface area contributed by atoms with E-state index in [-0.39, 0.29) is 42.9 Å². The van der Waals surface area contributed by atoms with E-state index in [2.05, 4.69) is 24.3 Å². The van der Waals surface area contributed by atoms with Crippen LogP contribution in [-0.4, -0.2) is 51.2 Å². The number of nitrogens with one attached hydrogen (secondary N) is 1. The lowest BCUT2D eigenvalue weighted by Crippen LogP contribution is -2.63. The van der Waals surface area contributed by atoms with Gasteiger partial charge in [-0.05, 0) is 38.7 Å². The Kier molecular flexibility index (Phi) is 7.01. The zero-order valence-electron chi connectivity index (χ0n) is 19.5. The molecule has 1 aliphatic rings. The van der Waals surface area contributed by atoms with Crippen LogP contribution in [0.15, 0.2) is 30.3 Å². The van der Waals surface area contributed by atoms with Gasteiger partial charge >= 0.3 is 5.97 Å². The highest BCUT2D eigenvalue weighted by Crippen LogP contribution is 2.29. The van der Waals surface area contributed by atoms with Gasteiger partial charge in [-0.2, -0.15) is 5.10 Å². The number of esters is 1. The molecule has 0 bridgehead atoms. The smallest absolute Gasteiger partial charge is 0.358 e. The summed E-state index contributed by atoms with van der Waals surface area (Å²) in [7, 11) is 0. The highest BCUT2D eigenvalue weighted by molar-refractivity contribution is 6.01. The van der Waals surface area contributed by atoms with Crippen LogP contribution in [0.25, 0.3) is 0 Å². The largest absolute Gasteiger partial charge is 0.461 e. The van der Waals surface area contributed by atoms with Crippen molar-refractivity contribution in [3.63, 3.8) is 0 Å². The van der Waals surface area contributed by atoms with Gasteiger partial charge in [0.2, 0.25) is 5.91 Å². The number of rotatable bonds is 8. The van der Waals surface area contributed by atoms with Crippen molar-refractivity contribution in [2.24, 2.45) is 5.92 Å². The van der Waals surface area contributed by atoms with E-state index < -0.39 is 11.5 Å². The van der Waals surface area contributed by atoms with Crippen molar-refractivity contribution in [2.45, 2.75) is 59.7 Å². The molecule has 172 valence electrons. The molecule has 0 radical (unpaired) electrons. The quantitative estimate of drug-likeness (QED) is 0.637. The van der Waals surface area contributed by atoms with Crippen molar-refractivity contribution in [3.05, 3.63) is 52.8 Å². The maximum Gasteiger partial charge on any atom is 0.358 e. The van der Waals surface area contributed by atoms with Gasteiger partial charge in [-0.15, -0.1) is 0 Å². The third kappa shape index (κ3) is 4.84. The summed E-state index contributed by atoms with van der Waals surface area (Å²) in [5.41, 5.74) is 1.21. The highest BCUT2D eigenvalue weighted by atomic mass is 16.5. The summed E-state index contributed by atoms with van der Waals surface area (Å²) in [6.45, 7) is 10.8. The number of carbonyl (C=O) groups excluding carboxylic acids is 3. The van der Waals surface area contributed by atoms with Gasteiger partial charge in [-0.25, -0.2) is 4.79 Å². The van der Waals surface area contributed by atoms with Gasteiger partial charge < -0.3 is 15.0 Å². The van der Waals surface area contributed by atoms with Gasteiger partial charge in [0.1, 0.15) is 11.2 Å². The fraction of sp³-hybridized carbons (Fsp3) is 0.500. The second kappa shape index (κ2) is 9.54. The van der Waals surface area contributed by atoms with Gasteiger partial charge in [0, 0.05) is 19.2 Å². The fourth-order valence-corrected chi connectivity index (χ4v) is 3.74. The molecule has 0 aliphatic carbocycles. The third-order valence-corrected chi connectivity index (χ3v) is 5.74. The molecule has 8 heteroatoms. The molecule has 0 fully saturated rings. The van der Waals surface area contributed by atoms with E-state index in [4.69, 9.17) is 4.74 Å². The number of ether oxygens (including phenoxy) is 1. The summed E-state index contributed by atoms with van der Waals surface area (Å²) in [6.07, 6.45) is 0.841. The lowest BCUT2D eigenvalue weighted by Gasteiger charge is -2.43. The maximum absolute atomic E-state index is 13.5. The number of aryl methyl sites for hydroxylation is 1. The zero-order valence-corrected chi connectivity index (χ0v) is 19.5. The van der Waals surface area contributed by atoms with Crippen LogP contribution in [0.2, 0.25) is 0 Å². The van der Waals surface area contributed by atoms with E-state index in [1.54, 1.807) is 18.7 Å². The molecule has 1 N–H and O–H groups in total. The second-order valence-corrected chi connectivity index (χ2v) is 8.88. The van der Waals surface area contributed by atoms with E-state index >= 15 is 0 Å². The molecule has 2 heterocycles. The summed E-state index contributed by atoms with van der Waals surface area (Å²) in [4.78, 5) is 40.6. The van der Waals surface area contributed by atoms with Crippen molar-refractivity contribution in [1.29, 1.82) is 0 Å². The lowest BCUT2D eigenvalue weighted by atomic mass is 9.94. The van der Waals surface area contributed by atoms with Crippen molar-refractivity contribution in [1.82, 2.24) is 20.0 Å². The van der Waals surface area contributed by atoms with Crippen molar-refractivity contribution >= 4 is 17.8 Å². The molecule has 0 saturated heterocycles. The molecule has 0 unspecified atom stereocenters. The Hall–Kier alpha value is -3.16. The van der Waals surface area contributed by atoms with E-state index in [0.29, 0.717) is 12.5 Å². The molecule has 2 aromatic rings. The van der Waals surface area contributed by atoms with Gasteiger partial charge in [-0.1, -0.05) is 43.7 Å². The number of aromatic nitrogens is 2. The fourth-order valence-electron chi connectivity index (χ4n) is 3.74. The Balaban J connectivity index is 1.96. The van der Waals surface area contributed by atoms with E-state index in [1.807, 2.05) is 31.2 Å². The predicted octanol–water partition coefficient (Wildman–Crippen LogP) is 2.95. The molecule has 1 aromatic heterocycles. The second-order valence-electron chi connectivity index (χ2n) is 8.88. The van der Waals surface area contributed by atoms with Crippen molar-refractivity contribution < 1.29 is 19.1 Å². The first-order chi connectivity index (χ1) is 15.2. The first-order valence-electron chi connectivity index (χ1n) is 11.1.